The minimum Gasteiger partial charge on any atom is -0.492 e. The number of hydrogen-bond acceptors (Lipinski definition) is 9. The van der Waals surface area contributed by atoms with E-state index in [2.05, 4.69) is 37.0 Å². The molecule has 4 aromatic rings. The summed E-state index contributed by atoms with van der Waals surface area (Å²) in [6.45, 7) is 0.618. The molecule has 3 amide bonds. The highest BCUT2D eigenvalue weighted by Crippen LogP contribution is 2.40. The van der Waals surface area contributed by atoms with Crippen molar-refractivity contribution in [3.63, 3.8) is 0 Å². The smallest absolute Gasteiger partial charge is 0.407 e. The van der Waals surface area contributed by atoms with Crippen LogP contribution in [0.25, 0.3) is 0 Å². The van der Waals surface area contributed by atoms with Gasteiger partial charge in [-0.15, -0.1) is 12.4 Å². The Morgan fingerprint density at radius 1 is 0.696 bits per heavy atom. The molecule has 20 heteroatoms. The van der Waals surface area contributed by atoms with Crippen LogP contribution in [-0.4, -0.2) is 50.8 Å². The van der Waals surface area contributed by atoms with Crippen molar-refractivity contribution < 1.29 is 55.7 Å². The fraction of sp³-hybridized carbons (Fsp3) is 0.222. The second-order valence-electron chi connectivity index (χ2n) is 11.4. The summed E-state index contributed by atoms with van der Waals surface area (Å²) >= 11 is 16.9. The summed E-state index contributed by atoms with van der Waals surface area (Å²) < 4.78 is 72.2. The average Bonchev–Trinajstić information content (AvgIpc) is 3.15. The lowest BCUT2D eigenvalue weighted by molar-refractivity contribution is 0.101. The number of anilines is 2. The Bertz CT molecular complexity index is 2100. The van der Waals surface area contributed by atoms with Gasteiger partial charge in [-0.3, -0.25) is 9.59 Å². The molecule has 6 rings (SSSR count). The number of alkyl carbamates (subject to hydrolysis) is 1. The van der Waals surface area contributed by atoms with E-state index in [1.165, 1.54) is 32.4 Å². The number of amides is 3. The summed E-state index contributed by atoms with van der Waals surface area (Å²) in [4.78, 5) is 46.0. The highest BCUT2D eigenvalue weighted by atomic mass is 35.5. The Balaban J connectivity index is 0.000000266. The van der Waals surface area contributed by atoms with Gasteiger partial charge in [0.05, 0.1) is 43.5 Å². The van der Waals surface area contributed by atoms with E-state index in [9.17, 15) is 36.7 Å². The predicted octanol–water partition coefficient (Wildman–Crippen LogP) is 9.12. The molecule has 300 valence electrons. The molecular weight excluding hydrogens is 834 g/mol. The molecule has 2 aliphatic heterocycles. The van der Waals surface area contributed by atoms with Gasteiger partial charge in [0.15, 0.2) is 23.3 Å². The number of nitrogens with two attached hydrogens (primary N) is 1. The molecule has 0 saturated heterocycles. The number of benzene rings is 4. The molecule has 0 saturated carbocycles. The van der Waals surface area contributed by atoms with Crippen LogP contribution in [0.3, 0.4) is 0 Å². The van der Waals surface area contributed by atoms with Crippen molar-refractivity contribution >= 4 is 81.9 Å². The second-order valence-corrected chi connectivity index (χ2v) is 12.5. The number of ether oxygens (including phenoxy) is 4. The predicted molar refractivity (Wildman–Crippen MR) is 202 cm³/mol. The molecular formula is C36H32Cl4F4N4O8. The van der Waals surface area contributed by atoms with Crippen molar-refractivity contribution in [2.45, 2.75) is 24.9 Å². The average molecular weight is 866 g/mol. The van der Waals surface area contributed by atoms with Gasteiger partial charge >= 0.3 is 11.5 Å². The first-order valence-corrected chi connectivity index (χ1v) is 17.0. The molecule has 0 aromatic heterocycles. The number of halogens is 8. The van der Waals surface area contributed by atoms with Crippen molar-refractivity contribution in [2.75, 3.05) is 38.1 Å². The minimum atomic E-state index is -1.09. The van der Waals surface area contributed by atoms with Crippen LogP contribution in [0.4, 0.5) is 38.5 Å². The molecule has 0 aliphatic carbocycles. The van der Waals surface area contributed by atoms with Gasteiger partial charge in [0.2, 0.25) is 0 Å². The van der Waals surface area contributed by atoms with Crippen LogP contribution in [-0.2, 0) is 9.47 Å². The van der Waals surface area contributed by atoms with Crippen LogP contribution in [0.15, 0.2) is 60.7 Å². The number of hydrogen-bond donors (Lipinski definition) is 4. The largest absolute Gasteiger partial charge is 0.492 e. The molecule has 56 heavy (non-hydrogen) atoms. The maximum absolute atomic E-state index is 13.4. The molecule has 0 unspecified atom stereocenters. The molecule has 0 fully saturated rings. The fourth-order valence-corrected chi connectivity index (χ4v) is 5.68. The van der Waals surface area contributed by atoms with Gasteiger partial charge in [-0.2, -0.15) is 0 Å². The molecule has 2 heterocycles. The summed E-state index contributed by atoms with van der Waals surface area (Å²) in [5.41, 5.74) is 6.83. The number of methoxy groups -OCH3 is 2. The minimum absolute atomic E-state index is 0. The van der Waals surface area contributed by atoms with E-state index in [1.54, 1.807) is 18.2 Å². The number of carbonyl (C=O) groups is 4. The third-order valence-electron chi connectivity index (χ3n) is 7.82. The highest BCUT2D eigenvalue weighted by Gasteiger charge is 2.30. The zero-order valence-electron chi connectivity index (χ0n) is 29.2. The molecule has 4 aromatic carbocycles. The quantitative estimate of drug-likeness (QED) is 0.113. The first kappa shape index (κ1) is 45.4. The standard InChI is InChI=1S/C18H15ClF2N2O4.C16H13ClF2N2O2.C2H3ClO2.ClH/c1-26-18(25)23-14-6-7-27-16-10(14)3-4-11(19)15(16)17(24)22-9-2-5-12(20)13(21)8-9;17-10-3-2-9-13(20)5-6-23-15(9)14(10)16(22)21-8-1-4-11(18)12(19)7-8;1-5-2(3)4;/h2-5,8,14H,6-7H2,1H3,(H,22,24)(H,23,25);1-4,7,13H,5-6,20H2,(H,21,22);1H3;1H/t14-;13-;;/m00../s1. The van der Waals surface area contributed by atoms with Crippen LogP contribution in [0.2, 0.25) is 10.0 Å². The Kier molecular flexibility index (Phi) is 16.8. The Labute approximate surface area is 338 Å². The van der Waals surface area contributed by atoms with Crippen LogP contribution in [0.1, 0.15) is 56.8 Å². The van der Waals surface area contributed by atoms with Gasteiger partial charge in [-0.1, -0.05) is 35.3 Å². The highest BCUT2D eigenvalue weighted by molar-refractivity contribution is 6.61. The molecule has 2 aliphatic rings. The maximum atomic E-state index is 13.4. The molecule has 0 spiro atoms. The van der Waals surface area contributed by atoms with Crippen molar-refractivity contribution in [1.82, 2.24) is 5.32 Å². The van der Waals surface area contributed by atoms with E-state index < -0.39 is 52.6 Å². The van der Waals surface area contributed by atoms with Crippen molar-refractivity contribution in [2.24, 2.45) is 5.73 Å². The Morgan fingerprint density at radius 3 is 1.59 bits per heavy atom. The van der Waals surface area contributed by atoms with E-state index in [0.717, 1.165) is 24.3 Å². The monoisotopic (exact) mass is 864 g/mol. The van der Waals surface area contributed by atoms with Gasteiger partial charge in [0, 0.05) is 65.1 Å². The summed E-state index contributed by atoms with van der Waals surface area (Å²) in [5.74, 6) is -4.84. The third kappa shape index (κ3) is 11.5. The molecule has 0 radical (unpaired) electrons. The van der Waals surface area contributed by atoms with Gasteiger partial charge in [0.25, 0.3) is 11.8 Å². The van der Waals surface area contributed by atoms with Gasteiger partial charge < -0.3 is 40.6 Å². The second kappa shape index (κ2) is 20.8. The maximum Gasteiger partial charge on any atom is 0.407 e. The van der Waals surface area contributed by atoms with E-state index >= 15 is 0 Å². The lowest BCUT2D eigenvalue weighted by atomic mass is 9.97. The summed E-state index contributed by atoms with van der Waals surface area (Å²) in [7, 11) is 2.47. The van der Waals surface area contributed by atoms with Gasteiger partial charge in [-0.05, 0) is 36.4 Å². The van der Waals surface area contributed by atoms with E-state index in [-0.39, 0.29) is 63.4 Å². The molecule has 2 atom stereocenters. The number of nitrogens with one attached hydrogen (secondary N) is 3. The zero-order valence-corrected chi connectivity index (χ0v) is 32.2. The van der Waals surface area contributed by atoms with Gasteiger partial charge in [-0.25, -0.2) is 27.2 Å². The Morgan fingerprint density at radius 2 is 1.14 bits per heavy atom. The van der Waals surface area contributed by atoms with Crippen molar-refractivity contribution in [3.05, 3.63) is 116 Å². The SMILES string of the molecule is COC(=O)Cl.COC(=O)N[C@H]1CCOc2c1ccc(Cl)c2C(=O)Nc1ccc(F)c(F)c1.Cl.N[C@H]1CCOc2c1ccc(Cl)c2C(=O)Nc1ccc(F)c(F)c1. The van der Waals surface area contributed by atoms with E-state index in [1.807, 2.05) is 0 Å². The topological polar surface area (TPSA) is 167 Å². The first-order valence-electron chi connectivity index (χ1n) is 15.9. The Hall–Kier alpha value is -5.00. The number of fused-ring (bicyclic) bond motifs is 2. The van der Waals surface area contributed by atoms with Crippen LogP contribution >= 0.6 is 47.2 Å². The van der Waals surface area contributed by atoms with E-state index in [4.69, 9.17) is 38.4 Å². The summed E-state index contributed by atoms with van der Waals surface area (Å²) in [6.07, 6.45) is 0.503. The van der Waals surface area contributed by atoms with Crippen LogP contribution in [0.5, 0.6) is 11.5 Å². The van der Waals surface area contributed by atoms with Gasteiger partial charge in [0.1, 0.15) is 22.6 Å². The van der Waals surface area contributed by atoms with E-state index in [0.29, 0.717) is 36.3 Å². The van der Waals surface area contributed by atoms with Crippen LogP contribution < -0.4 is 31.2 Å². The van der Waals surface area contributed by atoms with Crippen molar-refractivity contribution in [1.29, 1.82) is 0 Å². The summed E-state index contributed by atoms with van der Waals surface area (Å²) in [5, 5.41) is 7.92. The first-order chi connectivity index (χ1) is 26.1. The molecule has 0 bridgehead atoms. The normalized spacial score (nSPS) is 14.8. The summed E-state index contributed by atoms with van der Waals surface area (Å²) in [6, 6.07) is 11.8. The molecule has 12 nitrogen and oxygen atoms in total. The lowest BCUT2D eigenvalue weighted by Crippen LogP contribution is -2.32. The molecule has 5 N–H and O–H groups in total. The van der Waals surface area contributed by atoms with Crippen LogP contribution in [0, 0.1) is 23.3 Å². The number of rotatable bonds is 5. The van der Waals surface area contributed by atoms with Crippen molar-refractivity contribution in [3.8, 4) is 11.5 Å². The third-order valence-corrected chi connectivity index (χ3v) is 8.61. The zero-order chi connectivity index (χ0) is 40.4. The lowest BCUT2D eigenvalue weighted by Gasteiger charge is -2.28. The number of carbonyl (C=O) groups excluding carboxylic acids is 4. The fourth-order valence-electron chi connectivity index (χ4n) is 5.21.